The van der Waals surface area contributed by atoms with Crippen LogP contribution in [0.3, 0.4) is 0 Å². The molecule has 2 aromatic rings. The molecule has 0 fully saturated rings. The van der Waals surface area contributed by atoms with Gasteiger partial charge in [-0.2, -0.15) is 5.10 Å². The molecule has 0 aliphatic carbocycles. The van der Waals surface area contributed by atoms with Crippen molar-refractivity contribution < 1.29 is 4.79 Å². The largest absolute Gasteiger partial charge is 0.338 e. The highest BCUT2D eigenvalue weighted by molar-refractivity contribution is 9.10. The zero-order valence-corrected chi connectivity index (χ0v) is 15.4. The normalized spacial score (nSPS) is 14.7. The van der Waals surface area contributed by atoms with Gasteiger partial charge < -0.3 is 4.90 Å². The van der Waals surface area contributed by atoms with Gasteiger partial charge >= 0.3 is 0 Å². The zero-order chi connectivity index (χ0) is 16.6. The standard InChI is InChI=1S/C18H22BrN3O/c1-18(2,3)22-16-8-9-21(12-14(16)11-20-22)17(23)10-13-4-6-15(19)7-5-13/h4-7,11H,8-10,12H2,1-3H3. The molecule has 1 amide bonds. The molecule has 0 N–H and O–H groups in total. The van der Waals surface area contributed by atoms with Crippen LogP contribution in [-0.2, 0) is 29.7 Å². The molecule has 0 atom stereocenters. The molecule has 0 saturated carbocycles. The maximum atomic E-state index is 12.6. The highest BCUT2D eigenvalue weighted by Crippen LogP contribution is 2.24. The number of carbonyl (C=O) groups is 1. The molecule has 5 heteroatoms. The first-order chi connectivity index (χ1) is 10.8. The molecular weight excluding hydrogens is 354 g/mol. The van der Waals surface area contributed by atoms with E-state index in [1.165, 1.54) is 11.3 Å². The van der Waals surface area contributed by atoms with E-state index >= 15 is 0 Å². The summed E-state index contributed by atoms with van der Waals surface area (Å²) < 4.78 is 3.13. The predicted molar refractivity (Wildman–Crippen MR) is 94.2 cm³/mol. The summed E-state index contributed by atoms with van der Waals surface area (Å²) in [7, 11) is 0. The van der Waals surface area contributed by atoms with E-state index < -0.39 is 0 Å². The smallest absolute Gasteiger partial charge is 0.227 e. The molecule has 0 bridgehead atoms. The number of aromatic nitrogens is 2. The molecule has 0 saturated heterocycles. The summed E-state index contributed by atoms with van der Waals surface area (Å²) in [6.45, 7) is 7.91. The molecular formula is C18H22BrN3O. The van der Waals surface area contributed by atoms with Crippen molar-refractivity contribution in [2.45, 2.75) is 45.7 Å². The highest BCUT2D eigenvalue weighted by Gasteiger charge is 2.27. The Morgan fingerprint density at radius 3 is 2.61 bits per heavy atom. The van der Waals surface area contributed by atoms with E-state index in [-0.39, 0.29) is 11.4 Å². The van der Waals surface area contributed by atoms with Crippen molar-refractivity contribution in [1.29, 1.82) is 0 Å². The van der Waals surface area contributed by atoms with E-state index in [2.05, 4.69) is 46.5 Å². The van der Waals surface area contributed by atoms with Crippen LogP contribution in [0.4, 0.5) is 0 Å². The van der Waals surface area contributed by atoms with Crippen LogP contribution in [0.1, 0.15) is 37.6 Å². The molecule has 122 valence electrons. The number of rotatable bonds is 2. The Bertz CT molecular complexity index is 713. The molecule has 3 rings (SSSR count). The van der Waals surface area contributed by atoms with Gasteiger partial charge in [0.1, 0.15) is 0 Å². The van der Waals surface area contributed by atoms with E-state index in [0.717, 1.165) is 23.0 Å². The van der Waals surface area contributed by atoms with E-state index in [4.69, 9.17) is 0 Å². The lowest BCUT2D eigenvalue weighted by Gasteiger charge is -2.30. The first-order valence-electron chi connectivity index (χ1n) is 7.93. The summed E-state index contributed by atoms with van der Waals surface area (Å²) in [4.78, 5) is 14.5. The van der Waals surface area contributed by atoms with Gasteiger partial charge in [-0.1, -0.05) is 28.1 Å². The second-order valence-electron chi connectivity index (χ2n) is 7.07. The van der Waals surface area contributed by atoms with E-state index in [1.54, 1.807) is 0 Å². The lowest BCUT2D eigenvalue weighted by Crippen LogP contribution is -2.38. The Balaban J connectivity index is 1.71. The summed E-state index contributed by atoms with van der Waals surface area (Å²) >= 11 is 3.42. The number of benzene rings is 1. The molecule has 0 radical (unpaired) electrons. The molecule has 0 spiro atoms. The number of carbonyl (C=O) groups excluding carboxylic acids is 1. The van der Waals surface area contributed by atoms with Gasteiger partial charge in [0.25, 0.3) is 0 Å². The van der Waals surface area contributed by atoms with Crippen LogP contribution in [0.5, 0.6) is 0 Å². The Hall–Kier alpha value is -1.62. The van der Waals surface area contributed by atoms with Crippen molar-refractivity contribution in [1.82, 2.24) is 14.7 Å². The van der Waals surface area contributed by atoms with Gasteiger partial charge in [0.15, 0.2) is 0 Å². The summed E-state index contributed by atoms with van der Waals surface area (Å²) in [5, 5.41) is 4.53. The lowest BCUT2D eigenvalue weighted by atomic mass is 10.0. The number of amides is 1. The van der Waals surface area contributed by atoms with Gasteiger partial charge in [0, 0.05) is 35.2 Å². The Morgan fingerprint density at radius 1 is 1.26 bits per heavy atom. The van der Waals surface area contributed by atoms with Crippen LogP contribution in [0.25, 0.3) is 0 Å². The van der Waals surface area contributed by atoms with Gasteiger partial charge in [-0.25, -0.2) is 0 Å². The summed E-state index contributed by atoms with van der Waals surface area (Å²) in [6, 6.07) is 7.94. The topological polar surface area (TPSA) is 38.1 Å². The molecule has 1 aromatic heterocycles. The Morgan fingerprint density at radius 2 is 1.96 bits per heavy atom. The first kappa shape index (κ1) is 16.2. The van der Waals surface area contributed by atoms with Crippen molar-refractivity contribution in [3.8, 4) is 0 Å². The van der Waals surface area contributed by atoms with Gasteiger partial charge in [0.2, 0.25) is 5.91 Å². The third-order valence-corrected chi connectivity index (χ3v) is 4.72. The van der Waals surface area contributed by atoms with E-state index in [1.807, 2.05) is 35.4 Å². The second kappa shape index (κ2) is 6.11. The third-order valence-electron chi connectivity index (χ3n) is 4.19. The number of fused-ring (bicyclic) bond motifs is 1. The minimum atomic E-state index is -0.0167. The van der Waals surface area contributed by atoms with Gasteiger partial charge in [-0.3, -0.25) is 9.48 Å². The molecule has 4 nitrogen and oxygen atoms in total. The fourth-order valence-electron chi connectivity index (χ4n) is 3.01. The van der Waals surface area contributed by atoms with E-state index in [9.17, 15) is 4.79 Å². The van der Waals surface area contributed by atoms with Crippen molar-refractivity contribution in [2.24, 2.45) is 0 Å². The summed E-state index contributed by atoms with van der Waals surface area (Å²) in [6.07, 6.45) is 3.24. The number of halogens is 1. The van der Waals surface area contributed by atoms with Crippen LogP contribution in [0, 0.1) is 0 Å². The van der Waals surface area contributed by atoms with E-state index in [0.29, 0.717) is 13.0 Å². The predicted octanol–water partition coefficient (Wildman–Crippen LogP) is 3.53. The average Bonchev–Trinajstić information content (AvgIpc) is 2.92. The van der Waals surface area contributed by atoms with Crippen molar-refractivity contribution in [3.05, 3.63) is 51.8 Å². The molecule has 1 aliphatic rings. The highest BCUT2D eigenvalue weighted by atomic mass is 79.9. The van der Waals surface area contributed by atoms with Crippen LogP contribution >= 0.6 is 15.9 Å². The first-order valence-corrected chi connectivity index (χ1v) is 8.72. The molecule has 1 aromatic carbocycles. The second-order valence-corrected chi connectivity index (χ2v) is 7.98. The van der Waals surface area contributed by atoms with Crippen molar-refractivity contribution in [2.75, 3.05) is 6.54 Å². The SMILES string of the molecule is CC(C)(C)n1ncc2c1CCN(C(=O)Cc1ccc(Br)cc1)C2. The molecule has 2 heterocycles. The number of nitrogens with zero attached hydrogens (tertiary/aromatic N) is 3. The molecule has 0 unspecified atom stereocenters. The Kier molecular flexibility index (Phi) is 4.32. The third kappa shape index (κ3) is 3.50. The van der Waals surface area contributed by atoms with Crippen LogP contribution in [-0.4, -0.2) is 27.1 Å². The maximum absolute atomic E-state index is 12.6. The van der Waals surface area contributed by atoms with Gasteiger partial charge in [0.05, 0.1) is 18.2 Å². The maximum Gasteiger partial charge on any atom is 0.227 e. The lowest BCUT2D eigenvalue weighted by molar-refractivity contribution is -0.131. The fourth-order valence-corrected chi connectivity index (χ4v) is 3.28. The molecule has 1 aliphatic heterocycles. The van der Waals surface area contributed by atoms with Gasteiger partial charge in [-0.15, -0.1) is 0 Å². The van der Waals surface area contributed by atoms with Crippen LogP contribution in [0.15, 0.2) is 34.9 Å². The fraction of sp³-hybridized carbons (Fsp3) is 0.444. The quantitative estimate of drug-likeness (QED) is 0.804. The van der Waals surface area contributed by atoms with Crippen molar-refractivity contribution >= 4 is 21.8 Å². The summed E-state index contributed by atoms with van der Waals surface area (Å²) in [5.41, 5.74) is 3.48. The van der Waals surface area contributed by atoms with Crippen LogP contribution in [0.2, 0.25) is 0 Å². The van der Waals surface area contributed by atoms with Crippen LogP contribution < -0.4 is 0 Å². The average molecular weight is 376 g/mol. The summed E-state index contributed by atoms with van der Waals surface area (Å²) in [5.74, 6) is 0.182. The minimum Gasteiger partial charge on any atom is -0.338 e. The minimum absolute atomic E-state index is 0.0167. The molecule has 23 heavy (non-hydrogen) atoms. The monoisotopic (exact) mass is 375 g/mol. The van der Waals surface area contributed by atoms with Gasteiger partial charge in [-0.05, 0) is 38.5 Å². The zero-order valence-electron chi connectivity index (χ0n) is 13.8. The Labute approximate surface area is 145 Å². The van der Waals surface area contributed by atoms with Crippen molar-refractivity contribution in [3.63, 3.8) is 0 Å². The number of hydrogen-bond acceptors (Lipinski definition) is 2. The number of hydrogen-bond donors (Lipinski definition) is 0.